The number of methoxy groups -OCH3 is 1. The number of benzene rings is 1. The predicted octanol–water partition coefficient (Wildman–Crippen LogP) is 3.77. The molecule has 0 bridgehead atoms. The molecule has 0 unspecified atom stereocenters. The molecule has 6 nitrogen and oxygen atoms in total. The Morgan fingerprint density at radius 3 is 2.57 bits per heavy atom. The molecule has 2 aromatic heterocycles. The summed E-state index contributed by atoms with van der Waals surface area (Å²) < 4.78 is 7.56. The van der Waals surface area contributed by atoms with E-state index in [2.05, 4.69) is 67.3 Å². The highest BCUT2D eigenvalue weighted by Gasteiger charge is 2.41. The minimum absolute atomic E-state index is 0.0236. The largest absolute Gasteiger partial charge is 0.383 e. The van der Waals surface area contributed by atoms with Gasteiger partial charge in [0, 0.05) is 57.2 Å². The highest BCUT2D eigenvalue weighted by molar-refractivity contribution is 7.80. The Morgan fingerprint density at radius 1 is 1.10 bits per heavy atom. The van der Waals surface area contributed by atoms with Crippen LogP contribution in [0.25, 0.3) is 0 Å². The van der Waals surface area contributed by atoms with Crippen molar-refractivity contribution in [1.29, 1.82) is 0 Å². The van der Waals surface area contributed by atoms with Crippen LogP contribution in [0.2, 0.25) is 0 Å². The van der Waals surface area contributed by atoms with Crippen molar-refractivity contribution in [1.82, 2.24) is 14.9 Å². The van der Waals surface area contributed by atoms with Gasteiger partial charge in [-0.3, -0.25) is 4.98 Å². The van der Waals surface area contributed by atoms with Crippen molar-refractivity contribution in [2.75, 3.05) is 37.6 Å². The molecule has 0 amide bonds. The highest BCUT2D eigenvalue weighted by atomic mass is 32.1. The van der Waals surface area contributed by atoms with Crippen molar-refractivity contribution >= 4 is 28.7 Å². The minimum Gasteiger partial charge on any atom is -0.383 e. The van der Waals surface area contributed by atoms with Crippen LogP contribution in [0.15, 0.2) is 67.0 Å². The summed E-state index contributed by atoms with van der Waals surface area (Å²) in [6.45, 7) is 1.43. The summed E-state index contributed by atoms with van der Waals surface area (Å²) in [6, 6.07) is 18.6. The molecule has 0 aliphatic carbocycles. The van der Waals surface area contributed by atoms with Gasteiger partial charge < -0.3 is 24.4 Å². The standard InChI is InChI=1S/C23H27N5OS/c1-26(2)17-9-11-18(12-10-17)28-22(20-8-6-14-27(20)15-16-29-3)21(25-23(28)30)19-7-4-5-13-24-19/h4-14,21-22H,15-16H2,1-3H3,(H,25,30)/t21-,22-/m1/s1. The van der Waals surface area contributed by atoms with Crippen molar-refractivity contribution in [2.24, 2.45) is 0 Å². The first-order valence-electron chi connectivity index (χ1n) is 10.0. The van der Waals surface area contributed by atoms with Crippen molar-refractivity contribution in [3.63, 3.8) is 0 Å². The number of thiocarbonyl (C=S) groups is 1. The molecule has 1 aromatic carbocycles. The number of nitrogens with zero attached hydrogens (tertiary/aromatic N) is 4. The Kier molecular flexibility index (Phi) is 6.01. The number of ether oxygens (including phenoxy) is 1. The fourth-order valence-electron chi connectivity index (χ4n) is 3.93. The molecule has 1 N–H and O–H groups in total. The predicted molar refractivity (Wildman–Crippen MR) is 125 cm³/mol. The number of rotatable bonds is 7. The van der Waals surface area contributed by atoms with Crippen LogP contribution in [0.4, 0.5) is 11.4 Å². The molecule has 0 saturated carbocycles. The van der Waals surface area contributed by atoms with E-state index in [1.54, 1.807) is 7.11 Å². The molecule has 3 heterocycles. The summed E-state index contributed by atoms with van der Waals surface area (Å²) in [5.74, 6) is 0. The lowest BCUT2D eigenvalue weighted by Crippen LogP contribution is -2.30. The lowest BCUT2D eigenvalue weighted by Gasteiger charge is -2.29. The molecule has 1 aliphatic rings. The fraction of sp³-hybridized carbons (Fsp3) is 0.304. The number of nitrogens with one attached hydrogen (secondary N) is 1. The topological polar surface area (TPSA) is 45.6 Å². The average Bonchev–Trinajstić information content (AvgIpc) is 3.36. The second-order valence-electron chi connectivity index (χ2n) is 7.53. The van der Waals surface area contributed by atoms with Gasteiger partial charge in [-0.2, -0.15) is 0 Å². The van der Waals surface area contributed by atoms with Gasteiger partial charge in [0.2, 0.25) is 0 Å². The van der Waals surface area contributed by atoms with Crippen molar-refractivity contribution in [3.05, 3.63) is 78.4 Å². The fourth-order valence-corrected chi connectivity index (χ4v) is 4.28. The first-order valence-corrected chi connectivity index (χ1v) is 10.4. The van der Waals surface area contributed by atoms with Gasteiger partial charge in [0.15, 0.2) is 5.11 Å². The molecule has 7 heteroatoms. The van der Waals surface area contributed by atoms with Crippen LogP contribution in [-0.2, 0) is 11.3 Å². The van der Waals surface area contributed by atoms with E-state index < -0.39 is 0 Å². The van der Waals surface area contributed by atoms with Crippen LogP contribution in [0, 0.1) is 0 Å². The Bertz CT molecular complexity index is 986. The summed E-state index contributed by atoms with van der Waals surface area (Å²) in [4.78, 5) is 8.92. The van der Waals surface area contributed by atoms with E-state index >= 15 is 0 Å². The SMILES string of the molecule is COCCn1cccc1[C@@H]1[C@@H](c2ccccn2)NC(=S)N1c1ccc(N(C)C)cc1. The number of hydrogen-bond acceptors (Lipinski definition) is 4. The van der Waals surface area contributed by atoms with Gasteiger partial charge in [-0.05, 0) is 60.7 Å². The quantitative estimate of drug-likeness (QED) is 0.586. The molecule has 156 valence electrons. The van der Waals surface area contributed by atoms with Gasteiger partial charge in [-0.15, -0.1) is 0 Å². The monoisotopic (exact) mass is 421 g/mol. The zero-order chi connectivity index (χ0) is 21.1. The molecule has 0 spiro atoms. The van der Waals surface area contributed by atoms with E-state index in [0.717, 1.165) is 23.6 Å². The van der Waals surface area contributed by atoms with Gasteiger partial charge >= 0.3 is 0 Å². The molecule has 30 heavy (non-hydrogen) atoms. The molecular formula is C23H27N5OS. The maximum Gasteiger partial charge on any atom is 0.174 e. The van der Waals surface area contributed by atoms with Crippen molar-refractivity contribution in [3.8, 4) is 0 Å². The molecule has 1 saturated heterocycles. The Morgan fingerprint density at radius 2 is 1.90 bits per heavy atom. The van der Waals surface area contributed by atoms with Crippen LogP contribution < -0.4 is 15.1 Å². The van der Waals surface area contributed by atoms with E-state index in [1.165, 1.54) is 5.69 Å². The minimum atomic E-state index is -0.0524. The molecule has 2 atom stereocenters. The zero-order valence-corrected chi connectivity index (χ0v) is 18.3. The lowest BCUT2D eigenvalue weighted by atomic mass is 10.0. The van der Waals surface area contributed by atoms with Crippen LogP contribution in [0.5, 0.6) is 0 Å². The van der Waals surface area contributed by atoms with Crippen LogP contribution >= 0.6 is 12.2 Å². The Hall–Kier alpha value is -2.90. The van der Waals surface area contributed by atoms with E-state index in [-0.39, 0.29) is 12.1 Å². The second kappa shape index (κ2) is 8.85. The van der Waals surface area contributed by atoms with E-state index in [9.17, 15) is 0 Å². The van der Waals surface area contributed by atoms with Crippen molar-refractivity contribution < 1.29 is 4.74 Å². The highest BCUT2D eigenvalue weighted by Crippen LogP contribution is 2.41. The first kappa shape index (κ1) is 20.4. The van der Waals surface area contributed by atoms with Crippen molar-refractivity contribution in [2.45, 2.75) is 18.6 Å². The van der Waals surface area contributed by atoms with Crippen LogP contribution in [0.3, 0.4) is 0 Å². The van der Waals surface area contributed by atoms with Gasteiger partial charge in [0.1, 0.15) is 6.04 Å². The van der Waals surface area contributed by atoms with Gasteiger partial charge in [-0.25, -0.2) is 0 Å². The maximum absolute atomic E-state index is 5.81. The summed E-state index contributed by atoms with van der Waals surface area (Å²) in [5, 5.41) is 4.22. The molecule has 0 radical (unpaired) electrons. The summed E-state index contributed by atoms with van der Waals surface area (Å²) in [6.07, 6.45) is 3.92. The third-order valence-electron chi connectivity index (χ3n) is 5.45. The first-order chi connectivity index (χ1) is 14.6. The normalized spacial score (nSPS) is 18.5. The number of hydrogen-bond donors (Lipinski definition) is 1. The van der Waals surface area contributed by atoms with Crippen LogP contribution in [-0.4, -0.2) is 42.5 Å². The Balaban J connectivity index is 1.78. The molecular weight excluding hydrogens is 394 g/mol. The van der Waals surface area contributed by atoms with E-state index in [1.807, 2.05) is 38.5 Å². The van der Waals surface area contributed by atoms with E-state index in [4.69, 9.17) is 17.0 Å². The maximum atomic E-state index is 5.81. The van der Waals surface area contributed by atoms with Crippen LogP contribution in [0.1, 0.15) is 23.5 Å². The molecule has 4 rings (SSSR count). The average molecular weight is 422 g/mol. The molecule has 1 fully saturated rings. The summed E-state index contributed by atoms with van der Waals surface area (Å²) in [7, 11) is 5.81. The summed E-state index contributed by atoms with van der Waals surface area (Å²) in [5.41, 5.74) is 4.35. The summed E-state index contributed by atoms with van der Waals surface area (Å²) >= 11 is 5.81. The Labute approximate surface area is 183 Å². The van der Waals surface area contributed by atoms with E-state index in [0.29, 0.717) is 11.7 Å². The van der Waals surface area contributed by atoms with Gasteiger partial charge in [-0.1, -0.05) is 6.07 Å². The number of pyridine rings is 1. The third kappa shape index (κ3) is 3.91. The smallest absolute Gasteiger partial charge is 0.174 e. The lowest BCUT2D eigenvalue weighted by molar-refractivity contribution is 0.186. The second-order valence-corrected chi connectivity index (χ2v) is 7.91. The van der Waals surface area contributed by atoms with Gasteiger partial charge in [0.05, 0.1) is 18.3 Å². The third-order valence-corrected chi connectivity index (χ3v) is 5.76. The zero-order valence-electron chi connectivity index (χ0n) is 17.5. The molecule has 1 aliphatic heterocycles. The molecule has 3 aromatic rings. The van der Waals surface area contributed by atoms with Gasteiger partial charge in [0.25, 0.3) is 0 Å². The number of anilines is 2. The number of aromatic nitrogens is 2.